The number of hydrogen-bond donors (Lipinski definition) is 0. The predicted octanol–water partition coefficient (Wildman–Crippen LogP) is 3.82. The molecule has 3 rings (SSSR count). The number of hydrogen-bond acceptors (Lipinski definition) is 2. The van der Waals surface area contributed by atoms with E-state index in [1.807, 2.05) is 12.1 Å². The summed E-state index contributed by atoms with van der Waals surface area (Å²) in [6, 6.07) is 3.98. The van der Waals surface area contributed by atoms with Crippen LogP contribution >= 0.6 is 0 Å². The largest absolute Gasteiger partial charge is 0.467 e. The first-order chi connectivity index (χ1) is 8.18. The molecule has 2 heterocycles. The lowest BCUT2D eigenvalue weighted by atomic mass is 9.65. The molecule has 2 heteroatoms. The molecule has 0 spiro atoms. The van der Waals surface area contributed by atoms with Crippen LogP contribution in [0.5, 0.6) is 0 Å². The van der Waals surface area contributed by atoms with E-state index in [1.54, 1.807) is 6.26 Å². The van der Waals surface area contributed by atoms with Gasteiger partial charge in [-0.15, -0.1) is 0 Å². The monoisotopic (exact) mass is 232 g/mol. The molecular weight excluding hydrogens is 212 g/mol. The van der Waals surface area contributed by atoms with Crippen molar-refractivity contribution in [1.29, 1.82) is 0 Å². The maximum atomic E-state index is 6.07. The third-order valence-electron chi connectivity index (χ3n) is 4.59. The first-order valence-electron chi connectivity index (χ1n) is 6.52. The van der Waals surface area contributed by atoms with Crippen molar-refractivity contribution in [3.05, 3.63) is 35.8 Å². The van der Waals surface area contributed by atoms with Crippen LogP contribution in [0.4, 0.5) is 0 Å². The van der Waals surface area contributed by atoms with Crippen LogP contribution in [0.15, 0.2) is 34.5 Å². The highest BCUT2D eigenvalue weighted by molar-refractivity contribution is 5.20. The molecule has 0 unspecified atom stereocenters. The molecule has 1 saturated heterocycles. The lowest BCUT2D eigenvalue weighted by Gasteiger charge is -2.46. The summed E-state index contributed by atoms with van der Waals surface area (Å²) in [6.07, 6.45) is 4.27. The second-order valence-electron chi connectivity index (χ2n) is 5.59. The summed E-state index contributed by atoms with van der Waals surface area (Å²) in [4.78, 5) is 0. The minimum absolute atomic E-state index is 0.111. The fourth-order valence-corrected chi connectivity index (χ4v) is 3.66. The number of rotatable bonds is 1. The molecule has 1 aromatic rings. The van der Waals surface area contributed by atoms with Crippen molar-refractivity contribution >= 4 is 0 Å². The van der Waals surface area contributed by atoms with Crippen molar-refractivity contribution in [1.82, 2.24) is 0 Å². The number of ether oxygens (including phenoxy) is 1. The van der Waals surface area contributed by atoms with Gasteiger partial charge in [0.2, 0.25) is 0 Å². The van der Waals surface area contributed by atoms with Crippen LogP contribution in [-0.4, -0.2) is 6.61 Å². The van der Waals surface area contributed by atoms with Gasteiger partial charge in [-0.25, -0.2) is 0 Å². The van der Waals surface area contributed by atoms with E-state index in [0.29, 0.717) is 23.7 Å². The normalized spacial score (nSPS) is 41.1. The second kappa shape index (κ2) is 4.02. The van der Waals surface area contributed by atoms with Crippen LogP contribution < -0.4 is 0 Å². The van der Waals surface area contributed by atoms with E-state index in [9.17, 15) is 0 Å². The van der Waals surface area contributed by atoms with Crippen molar-refractivity contribution < 1.29 is 9.15 Å². The highest BCUT2D eigenvalue weighted by Gasteiger charge is 2.44. The zero-order valence-electron chi connectivity index (χ0n) is 10.7. The van der Waals surface area contributed by atoms with E-state index >= 15 is 0 Å². The Morgan fingerprint density at radius 2 is 2.12 bits per heavy atom. The van der Waals surface area contributed by atoms with E-state index in [-0.39, 0.29) is 6.10 Å². The molecular formula is C15H20O2. The standard InChI is InChI=1S/C15H20O2/c1-9-7-10(2)14-11(3)12(9)8-17-15(14)13-5-4-6-16-13/h4-7,9,11-12,14-15H,8H2,1-3H3/t9-,11-,12-,14-,15-/m1/s1. The smallest absolute Gasteiger partial charge is 0.133 e. The summed E-state index contributed by atoms with van der Waals surface area (Å²) < 4.78 is 11.6. The Morgan fingerprint density at radius 1 is 1.29 bits per heavy atom. The third kappa shape index (κ3) is 1.66. The fourth-order valence-electron chi connectivity index (χ4n) is 3.66. The van der Waals surface area contributed by atoms with Gasteiger partial charge in [-0.05, 0) is 36.8 Å². The van der Waals surface area contributed by atoms with Crippen LogP contribution in [0.2, 0.25) is 0 Å². The summed E-state index contributed by atoms with van der Waals surface area (Å²) in [7, 11) is 0. The molecule has 17 heavy (non-hydrogen) atoms. The van der Waals surface area contributed by atoms with Crippen LogP contribution in [0, 0.1) is 23.7 Å². The Morgan fingerprint density at radius 3 is 2.82 bits per heavy atom. The van der Waals surface area contributed by atoms with Gasteiger partial charge in [0.15, 0.2) is 0 Å². The lowest BCUT2D eigenvalue weighted by molar-refractivity contribution is -0.101. The second-order valence-corrected chi connectivity index (χ2v) is 5.59. The zero-order chi connectivity index (χ0) is 12.0. The molecule has 5 atom stereocenters. The van der Waals surface area contributed by atoms with E-state index in [1.165, 1.54) is 5.57 Å². The Hall–Kier alpha value is -1.02. The van der Waals surface area contributed by atoms with Crippen molar-refractivity contribution in [3.8, 4) is 0 Å². The van der Waals surface area contributed by atoms with Crippen LogP contribution in [0.1, 0.15) is 32.6 Å². The average molecular weight is 232 g/mol. The molecule has 2 bridgehead atoms. The minimum atomic E-state index is 0.111. The van der Waals surface area contributed by atoms with Crippen LogP contribution in [-0.2, 0) is 4.74 Å². The molecule has 2 aliphatic rings. The molecule has 92 valence electrons. The zero-order valence-corrected chi connectivity index (χ0v) is 10.7. The van der Waals surface area contributed by atoms with Crippen molar-refractivity contribution in [2.24, 2.45) is 23.7 Å². The Bertz CT molecular complexity index is 418. The van der Waals surface area contributed by atoms with Gasteiger partial charge in [0.25, 0.3) is 0 Å². The predicted molar refractivity (Wildman–Crippen MR) is 66.5 cm³/mol. The summed E-state index contributed by atoms with van der Waals surface area (Å²) in [6.45, 7) is 7.75. The molecule has 1 fully saturated rings. The summed E-state index contributed by atoms with van der Waals surface area (Å²) in [5.74, 6) is 3.44. The average Bonchev–Trinajstić information content (AvgIpc) is 2.78. The van der Waals surface area contributed by atoms with Gasteiger partial charge in [-0.2, -0.15) is 0 Å². The van der Waals surface area contributed by atoms with E-state index in [2.05, 4.69) is 26.8 Å². The van der Waals surface area contributed by atoms with E-state index < -0.39 is 0 Å². The number of fused-ring (bicyclic) bond motifs is 2. The molecule has 2 nitrogen and oxygen atoms in total. The van der Waals surface area contributed by atoms with Gasteiger partial charge in [-0.1, -0.05) is 25.5 Å². The van der Waals surface area contributed by atoms with E-state index in [4.69, 9.17) is 9.15 Å². The molecule has 1 aliphatic carbocycles. The highest BCUT2D eigenvalue weighted by atomic mass is 16.5. The molecule has 0 aromatic carbocycles. The van der Waals surface area contributed by atoms with Gasteiger partial charge in [0, 0.05) is 5.92 Å². The first kappa shape index (κ1) is 11.1. The molecule has 1 aliphatic heterocycles. The van der Waals surface area contributed by atoms with Crippen LogP contribution in [0.25, 0.3) is 0 Å². The van der Waals surface area contributed by atoms with Gasteiger partial charge < -0.3 is 9.15 Å². The molecule has 0 N–H and O–H groups in total. The fraction of sp³-hybridized carbons (Fsp3) is 0.600. The van der Waals surface area contributed by atoms with Crippen molar-refractivity contribution in [3.63, 3.8) is 0 Å². The lowest BCUT2D eigenvalue weighted by Crippen LogP contribution is -2.42. The SMILES string of the molecule is CC1=C[C@@H](C)[C@H]2CO[C@H](c3ccco3)[C@H]1[C@@H]2C. The Labute approximate surface area is 103 Å². The van der Waals surface area contributed by atoms with E-state index in [0.717, 1.165) is 12.4 Å². The third-order valence-corrected chi connectivity index (χ3v) is 4.59. The molecule has 0 amide bonds. The summed E-state index contributed by atoms with van der Waals surface area (Å²) >= 11 is 0. The quantitative estimate of drug-likeness (QED) is 0.687. The molecule has 1 aromatic heterocycles. The maximum absolute atomic E-state index is 6.07. The van der Waals surface area contributed by atoms with Crippen molar-refractivity contribution in [2.45, 2.75) is 26.9 Å². The van der Waals surface area contributed by atoms with Gasteiger partial charge in [0.05, 0.1) is 12.9 Å². The van der Waals surface area contributed by atoms with Gasteiger partial charge in [-0.3, -0.25) is 0 Å². The van der Waals surface area contributed by atoms with Gasteiger partial charge in [0.1, 0.15) is 11.9 Å². The highest BCUT2D eigenvalue weighted by Crippen LogP contribution is 2.49. The molecule has 0 radical (unpaired) electrons. The summed E-state index contributed by atoms with van der Waals surface area (Å²) in [5, 5.41) is 0. The van der Waals surface area contributed by atoms with Crippen LogP contribution in [0.3, 0.4) is 0 Å². The number of furan rings is 1. The summed E-state index contributed by atoms with van der Waals surface area (Å²) in [5.41, 5.74) is 1.46. The minimum Gasteiger partial charge on any atom is -0.467 e. The number of allylic oxidation sites excluding steroid dienone is 1. The van der Waals surface area contributed by atoms with Crippen molar-refractivity contribution in [2.75, 3.05) is 6.61 Å². The topological polar surface area (TPSA) is 22.4 Å². The first-order valence-corrected chi connectivity index (χ1v) is 6.52. The molecule has 0 saturated carbocycles. The Balaban J connectivity index is 1.97. The van der Waals surface area contributed by atoms with Gasteiger partial charge >= 0.3 is 0 Å². The maximum Gasteiger partial charge on any atom is 0.133 e. The Kier molecular flexibility index (Phi) is 2.62.